The van der Waals surface area contributed by atoms with E-state index in [2.05, 4.69) is 12.2 Å². The van der Waals surface area contributed by atoms with E-state index < -0.39 is 32.4 Å². The lowest BCUT2D eigenvalue weighted by Gasteiger charge is -2.18. The van der Waals surface area contributed by atoms with E-state index in [1.54, 1.807) is 25.1 Å². The van der Waals surface area contributed by atoms with Gasteiger partial charge < -0.3 is 24.0 Å². The number of carbonyl (C=O) groups excluding carboxylic acids is 4. The summed E-state index contributed by atoms with van der Waals surface area (Å²) in [5, 5.41) is 2.67. The lowest BCUT2D eigenvalue weighted by Crippen LogP contribution is -2.31. The zero-order chi connectivity index (χ0) is 34.3. The summed E-state index contributed by atoms with van der Waals surface area (Å²) in [7, 11) is -2.21. The zero-order valence-corrected chi connectivity index (χ0v) is 29.7. The van der Waals surface area contributed by atoms with Crippen LogP contribution in [0.25, 0.3) is 0 Å². The van der Waals surface area contributed by atoms with Crippen LogP contribution in [-0.4, -0.2) is 54.4 Å². The Hall–Kier alpha value is -2.65. The first-order valence-corrected chi connectivity index (χ1v) is 18.8. The van der Waals surface area contributed by atoms with Crippen molar-refractivity contribution in [3.8, 4) is 0 Å². The highest BCUT2D eigenvalue weighted by molar-refractivity contribution is 7.40. The van der Waals surface area contributed by atoms with Gasteiger partial charge in [-0.25, -0.2) is 4.90 Å². The topological polar surface area (TPSA) is 131 Å². The first kappa shape index (κ1) is 40.5. The van der Waals surface area contributed by atoms with Gasteiger partial charge in [-0.15, -0.1) is 0 Å². The Morgan fingerprint density at radius 1 is 0.872 bits per heavy atom. The maximum Gasteiger partial charge on any atom is 0.330 e. The number of benzene rings is 1. The van der Waals surface area contributed by atoms with Crippen LogP contribution in [-0.2, 0) is 28.2 Å². The molecular weight excluding hydrogens is 619 g/mol. The highest BCUT2D eigenvalue weighted by atomic mass is 31.2. The fourth-order valence-corrected chi connectivity index (χ4v) is 5.93. The van der Waals surface area contributed by atoms with Gasteiger partial charge >= 0.3 is 14.6 Å². The Balaban J connectivity index is 1.48. The molecule has 2 rings (SSSR count). The third-order valence-corrected chi connectivity index (χ3v) is 8.94. The van der Waals surface area contributed by atoms with E-state index in [0.29, 0.717) is 24.1 Å². The van der Waals surface area contributed by atoms with Crippen molar-refractivity contribution < 1.29 is 37.9 Å². The number of amides is 3. The van der Waals surface area contributed by atoms with Crippen LogP contribution in [0.5, 0.6) is 0 Å². The molecule has 1 aliphatic heterocycles. The van der Waals surface area contributed by atoms with Crippen LogP contribution in [0, 0.1) is 0 Å². The Bertz CT molecular complexity index is 1130. The lowest BCUT2D eigenvalue weighted by atomic mass is 10.0. The fourth-order valence-electron chi connectivity index (χ4n) is 5.31. The number of nitrogens with one attached hydrogen (secondary N) is 1. The number of hydrogen-bond acceptors (Lipinski definition) is 8. The summed E-state index contributed by atoms with van der Waals surface area (Å²) >= 11 is 0. The molecule has 2 unspecified atom stereocenters. The quantitative estimate of drug-likeness (QED) is 0.0414. The predicted octanol–water partition coefficient (Wildman–Crippen LogP) is 8.07. The van der Waals surface area contributed by atoms with Gasteiger partial charge in [-0.2, -0.15) is 0 Å². The highest BCUT2D eigenvalue weighted by Gasteiger charge is 2.30. The van der Waals surface area contributed by atoms with Gasteiger partial charge in [0.2, 0.25) is 0 Å². The molecule has 10 nitrogen and oxygen atoms in total. The van der Waals surface area contributed by atoms with Gasteiger partial charge in [-0.05, 0) is 38.0 Å². The van der Waals surface area contributed by atoms with Crippen molar-refractivity contribution in [1.29, 1.82) is 0 Å². The summed E-state index contributed by atoms with van der Waals surface area (Å²) in [6.45, 7) is 5.81. The van der Waals surface area contributed by atoms with Gasteiger partial charge in [-0.1, -0.05) is 110 Å². The van der Waals surface area contributed by atoms with Crippen LogP contribution >= 0.6 is 8.60 Å². The van der Waals surface area contributed by atoms with Crippen LogP contribution in [0.15, 0.2) is 35.9 Å². The van der Waals surface area contributed by atoms with E-state index in [9.17, 15) is 24.1 Å². The standard InChI is InChI=1S/C36H57N2O8P/c1-4-6-7-8-9-10-11-12-13-14-15-16-17-18-19-23-34(40)46-32(5-2)28-45-47(43)44-25-24-37-35(41)30-21-20-22-31(27-30)38-33(39)26-29(3)36(38)42/h20-22,26-27,32,43H,4-19,23-25,28H2,1-3H3,(H,37,41). The van der Waals surface area contributed by atoms with E-state index in [0.717, 1.165) is 24.2 Å². The number of nitrogens with zero attached hydrogens (tertiary/aromatic N) is 1. The predicted molar refractivity (Wildman–Crippen MR) is 186 cm³/mol. The van der Waals surface area contributed by atoms with E-state index in [-0.39, 0.29) is 31.3 Å². The van der Waals surface area contributed by atoms with Crippen molar-refractivity contribution in [1.82, 2.24) is 5.32 Å². The molecule has 0 aliphatic carbocycles. The normalized spacial score (nSPS) is 14.3. The molecule has 1 aliphatic rings. The molecule has 11 heteroatoms. The molecule has 0 saturated heterocycles. The summed E-state index contributed by atoms with van der Waals surface area (Å²) in [5.41, 5.74) is 0.918. The summed E-state index contributed by atoms with van der Waals surface area (Å²) in [4.78, 5) is 60.3. The van der Waals surface area contributed by atoms with Crippen molar-refractivity contribution >= 4 is 38.0 Å². The molecule has 2 atom stereocenters. The first-order chi connectivity index (χ1) is 22.8. The number of imide groups is 1. The molecule has 0 radical (unpaired) electrons. The molecule has 0 aromatic heterocycles. The molecule has 2 N–H and O–H groups in total. The first-order valence-electron chi connectivity index (χ1n) is 17.7. The number of anilines is 1. The van der Waals surface area contributed by atoms with Crippen molar-refractivity contribution in [2.24, 2.45) is 0 Å². The molecule has 1 heterocycles. The summed E-state index contributed by atoms with van der Waals surface area (Å²) in [6.07, 6.45) is 20.8. The van der Waals surface area contributed by atoms with E-state index in [1.807, 2.05) is 6.92 Å². The molecule has 3 amide bonds. The van der Waals surface area contributed by atoms with Crippen LogP contribution in [0.2, 0.25) is 0 Å². The van der Waals surface area contributed by atoms with E-state index in [1.165, 1.54) is 89.2 Å². The Morgan fingerprint density at radius 3 is 2.02 bits per heavy atom. The van der Waals surface area contributed by atoms with Crippen molar-refractivity contribution in [2.45, 2.75) is 136 Å². The number of ether oxygens (including phenoxy) is 1. The monoisotopic (exact) mass is 676 g/mol. The van der Waals surface area contributed by atoms with E-state index >= 15 is 0 Å². The molecule has 0 spiro atoms. The third kappa shape index (κ3) is 16.8. The van der Waals surface area contributed by atoms with Gasteiger partial charge in [0.05, 0.1) is 18.9 Å². The fraction of sp³-hybridized carbons (Fsp3) is 0.667. The van der Waals surface area contributed by atoms with Crippen LogP contribution in [0.4, 0.5) is 5.69 Å². The number of carbonyl (C=O) groups is 4. The van der Waals surface area contributed by atoms with Gasteiger partial charge in [0.25, 0.3) is 17.7 Å². The second kappa shape index (κ2) is 24.5. The van der Waals surface area contributed by atoms with Gasteiger partial charge in [-0.3, -0.25) is 19.2 Å². The van der Waals surface area contributed by atoms with Gasteiger partial charge in [0.15, 0.2) is 0 Å². The van der Waals surface area contributed by atoms with Crippen LogP contribution in [0.3, 0.4) is 0 Å². The second-order valence-corrected chi connectivity index (χ2v) is 13.2. The molecule has 1 aromatic rings. The number of unbranched alkanes of at least 4 members (excludes halogenated alkanes) is 14. The average Bonchev–Trinajstić information content (AvgIpc) is 3.32. The lowest BCUT2D eigenvalue weighted by molar-refractivity contribution is -0.151. The molecule has 1 aromatic carbocycles. The molecule has 264 valence electrons. The molecular formula is C36H57N2O8P. The van der Waals surface area contributed by atoms with Crippen LogP contribution < -0.4 is 10.2 Å². The molecule has 0 fully saturated rings. The third-order valence-electron chi connectivity index (χ3n) is 8.17. The maximum atomic E-state index is 12.6. The largest absolute Gasteiger partial charge is 0.460 e. The Kier molecular flexibility index (Phi) is 21.1. The number of rotatable bonds is 27. The second-order valence-electron chi connectivity index (χ2n) is 12.2. The minimum absolute atomic E-state index is 0.00435. The SMILES string of the molecule is CCCCCCCCCCCCCCCCCC(=O)OC(CC)COP(O)OCCNC(=O)c1cccc(N2C(=O)C=C(C)C2=O)c1. The Morgan fingerprint density at radius 2 is 1.47 bits per heavy atom. The number of esters is 1. The van der Waals surface area contributed by atoms with Crippen molar-refractivity contribution in [2.75, 3.05) is 24.7 Å². The van der Waals surface area contributed by atoms with Gasteiger partial charge in [0, 0.05) is 30.2 Å². The average molecular weight is 677 g/mol. The highest BCUT2D eigenvalue weighted by Crippen LogP contribution is 2.33. The van der Waals surface area contributed by atoms with E-state index in [4.69, 9.17) is 13.8 Å². The molecule has 0 saturated carbocycles. The van der Waals surface area contributed by atoms with Crippen molar-refractivity contribution in [3.05, 3.63) is 41.5 Å². The number of hydrogen-bond donors (Lipinski definition) is 2. The smallest absolute Gasteiger partial charge is 0.330 e. The summed E-state index contributed by atoms with van der Waals surface area (Å²) < 4.78 is 16.1. The van der Waals surface area contributed by atoms with Crippen LogP contribution in [0.1, 0.15) is 140 Å². The zero-order valence-electron chi connectivity index (χ0n) is 28.8. The van der Waals surface area contributed by atoms with Gasteiger partial charge in [0.1, 0.15) is 6.10 Å². The minimum atomic E-state index is -2.21. The molecule has 0 bridgehead atoms. The van der Waals surface area contributed by atoms with Crippen molar-refractivity contribution in [3.63, 3.8) is 0 Å². The summed E-state index contributed by atoms with van der Waals surface area (Å²) in [5.74, 6) is -1.54. The Labute approximate surface area is 283 Å². The summed E-state index contributed by atoms with van der Waals surface area (Å²) in [6, 6.07) is 6.21. The minimum Gasteiger partial charge on any atom is -0.460 e. The maximum absolute atomic E-state index is 12.6. The molecule has 47 heavy (non-hydrogen) atoms.